The van der Waals surface area contributed by atoms with Gasteiger partial charge in [0.05, 0.1) is 22.9 Å². The van der Waals surface area contributed by atoms with Crippen LogP contribution in [0, 0.1) is 17.5 Å². The van der Waals surface area contributed by atoms with Crippen molar-refractivity contribution >= 4 is 17.0 Å². The number of anilines is 1. The Bertz CT molecular complexity index is 617. The van der Waals surface area contributed by atoms with Crippen LogP contribution in [-0.4, -0.2) is 4.98 Å². The van der Waals surface area contributed by atoms with Crippen LogP contribution in [0.5, 0.6) is 0 Å². The second-order valence-corrected chi connectivity index (χ2v) is 6.33. The molecule has 0 aliphatic heterocycles. The summed E-state index contributed by atoms with van der Waals surface area (Å²) in [4.78, 5) is 4.43. The van der Waals surface area contributed by atoms with Gasteiger partial charge in [0.1, 0.15) is 0 Å². The van der Waals surface area contributed by atoms with Gasteiger partial charge in [0, 0.05) is 10.8 Å². The molecule has 0 saturated carbocycles. The number of nitrogens with one attached hydrogen (secondary N) is 1. The van der Waals surface area contributed by atoms with Crippen LogP contribution in [0.15, 0.2) is 17.5 Å². The Kier molecular flexibility index (Phi) is 4.04. The lowest BCUT2D eigenvalue weighted by Crippen LogP contribution is -2.11. The van der Waals surface area contributed by atoms with E-state index in [4.69, 9.17) is 0 Å². The Hall–Kier alpha value is -1.56. The lowest BCUT2D eigenvalue weighted by Gasteiger charge is -2.13. The molecular formula is C14H15F3N2S. The first kappa shape index (κ1) is 14.8. The maximum atomic E-state index is 13.5. The molecule has 1 N–H and O–H groups in total. The number of rotatable bonds is 3. The highest BCUT2D eigenvalue weighted by Crippen LogP contribution is 2.26. The molecule has 1 aromatic carbocycles. The quantitative estimate of drug-likeness (QED) is 0.846. The molecule has 0 atom stereocenters. The zero-order chi connectivity index (χ0) is 14.9. The Morgan fingerprint density at radius 3 is 2.45 bits per heavy atom. The Balaban J connectivity index is 2.10. The van der Waals surface area contributed by atoms with Gasteiger partial charge in [0.25, 0.3) is 0 Å². The third kappa shape index (κ3) is 3.12. The third-order valence-corrected chi connectivity index (χ3v) is 4.01. The fraction of sp³-hybridized carbons (Fsp3) is 0.357. The molecule has 0 aliphatic carbocycles. The van der Waals surface area contributed by atoms with Crippen LogP contribution in [0.1, 0.15) is 31.5 Å². The maximum Gasteiger partial charge on any atom is 0.196 e. The zero-order valence-electron chi connectivity index (χ0n) is 11.4. The number of nitrogens with zero attached hydrogens (tertiary/aromatic N) is 1. The minimum absolute atomic E-state index is 0.0455. The van der Waals surface area contributed by atoms with E-state index in [1.165, 1.54) is 17.4 Å². The predicted molar refractivity (Wildman–Crippen MR) is 74.5 cm³/mol. The molecule has 1 aromatic heterocycles. The van der Waals surface area contributed by atoms with E-state index in [-0.39, 0.29) is 17.6 Å². The smallest absolute Gasteiger partial charge is 0.196 e. The van der Waals surface area contributed by atoms with E-state index >= 15 is 0 Å². The van der Waals surface area contributed by atoms with Crippen molar-refractivity contribution in [3.63, 3.8) is 0 Å². The van der Waals surface area contributed by atoms with Crippen molar-refractivity contribution in [2.45, 2.75) is 32.7 Å². The average Bonchev–Trinajstić information content (AvgIpc) is 2.84. The van der Waals surface area contributed by atoms with Crippen LogP contribution < -0.4 is 5.32 Å². The summed E-state index contributed by atoms with van der Waals surface area (Å²) in [5.74, 6) is -3.88. The standard InChI is InChI=1S/C14H15F3N2S/c1-14(2,3)13-19-8(7-20-13)6-18-10-5-4-9(15)11(16)12(10)17/h4-5,7,18H,6H2,1-3H3. The molecule has 1 heterocycles. The molecule has 2 aromatic rings. The lowest BCUT2D eigenvalue weighted by atomic mass is 9.98. The average molecular weight is 300 g/mol. The first-order chi connectivity index (χ1) is 9.29. The number of benzene rings is 1. The molecule has 108 valence electrons. The predicted octanol–water partition coefficient (Wildman–Crippen LogP) is 4.47. The zero-order valence-corrected chi connectivity index (χ0v) is 12.2. The molecule has 6 heteroatoms. The number of halogens is 3. The van der Waals surface area contributed by atoms with Crippen molar-refractivity contribution in [1.29, 1.82) is 0 Å². The molecule has 0 spiro atoms. The van der Waals surface area contributed by atoms with E-state index in [2.05, 4.69) is 31.1 Å². The number of aromatic nitrogens is 1. The van der Waals surface area contributed by atoms with Gasteiger partial charge in [-0.15, -0.1) is 11.3 Å². The van der Waals surface area contributed by atoms with Crippen molar-refractivity contribution in [3.8, 4) is 0 Å². The van der Waals surface area contributed by atoms with Gasteiger partial charge in [0.2, 0.25) is 0 Å². The molecule has 0 radical (unpaired) electrons. The molecule has 0 saturated heterocycles. The monoisotopic (exact) mass is 300 g/mol. The van der Waals surface area contributed by atoms with Crippen LogP contribution in [-0.2, 0) is 12.0 Å². The van der Waals surface area contributed by atoms with Gasteiger partial charge >= 0.3 is 0 Å². The fourth-order valence-electron chi connectivity index (χ4n) is 1.58. The summed E-state index contributed by atoms with van der Waals surface area (Å²) in [7, 11) is 0. The van der Waals surface area contributed by atoms with E-state index in [0.29, 0.717) is 0 Å². The summed E-state index contributed by atoms with van der Waals surface area (Å²) in [6.45, 7) is 6.42. The van der Waals surface area contributed by atoms with Gasteiger partial charge in [-0.1, -0.05) is 20.8 Å². The molecule has 0 aliphatic rings. The molecule has 20 heavy (non-hydrogen) atoms. The maximum absolute atomic E-state index is 13.5. The van der Waals surface area contributed by atoms with Crippen molar-refractivity contribution in [3.05, 3.63) is 45.7 Å². The summed E-state index contributed by atoms with van der Waals surface area (Å²) in [6.07, 6.45) is 0. The minimum atomic E-state index is -1.47. The van der Waals surface area contributed by atoms with Gasteiger partial charge in [-0.2, -0.15) is 0 Å². The second kappa shape index (κ2) is 5.44. The van der Waals surface area contributed by atoms with E-state index in [1.54, 1.807) is 0 Å². The first-order valence-electron chi connectivity index (χ1n) is 6.11. The van der Waals surface area contributed by atoms with Crippen molar-refractivity contribution in [2.24, 2.45) is 0 Å². The molecule has 0 unspecified atom stereocenters. The summed E-state index contributed by atoms with van der Waals surface area (Å²) in [6, 6.07) is 2.06. The van der Waals surface area contributed by atoms with Gasteiger partial charge < -0.3 is 5.32 Å². The highest BCUT2D eigenvalue weighted by Gasteiger charge is 2.18. The fourth-order valence-corrected chi connectivity index (χ4v) is 2.49. The largest absolute Gasteiger partial charge is 0.377 e. The summed E-state index contributed by atoms with van der Waals surface area (Å²) in [5, 5.41) is 5.56. The van der Waals surface area contributed by atoms with E-state index in [1.807, 2.05) is 5.38 Å². The lowest BCUT2D eigenvalue weighted by molar-refractivity contribution is 0.449. The van der Waals surface area contributed by atoms with E-state index in [0.717, 1.165) is 16.8 Å². The topological polar surface area (TPSA) is 24.9 Å². The minimum Gasteiger partial charge on any atom is -0.377 e. The van der Waals surface area contributed by atoms with Gasteiger partial charge in [-0.25, -0.2) is 18.2 Å². The van der Waals surface area contributed by atoms with Crippen LogP contribution in [0.4, 0.5) is 18.9 Å². The molecule has 0 fully saturated rings. The van der Waals surface area contributed by atoms with Crippen LogP contribution in [0.2, 0.25) is 0 Å². The number of thiazole rings is 1. The molecule has 0 amide bonds. The normalized spacial score (nSPS) is 11.7. The Morgan fingerprint density at radius 2 is 1.85 bits per heavy atom. The second-order valence-electron chi connectivity index (χ2n) is 5.47. The van der Waals surface area contributed by atoms with Crippen LogP contribution in [0.25, 0.3) is 0 Å². The van der Waals surface area contributed by atoms with E-state index in [9.17, 15) is 13.2 Å². The molecular weight excluding hydrogens is 285 g/mol. The highest BCUT2D eigenvalue weighted by molar-refractivity contribution is 7.09. The molecule has 2 nitrogen and oxygen atoms in total. The third-order valence-electron chi connectivity index (χ3n) is 2.69. The summed E-state index contributed by atoms with van der Waals surface area (Å²) >= 11 is 1.52. The molecule has 0 bridgehead atoms. The van der Waals surface area contributed by atoms with Crippen LogP contribution in [0.3, 0.4) is 0 Å². The van der Waals surface area contributed by atoms with Gasteiger partial charge in [-0.3, -0.25) is 0 Å². The summed E-state index contributed by atoms with van der Waals surface area (Å²) < 4.78 is 39.3. The Labute approximate surface area is 119 Å². The first-order valence-corrected chi connectivity index (χ1v) is 6.99. The number of hydrogen-bond donors (Lipinski definition) is 1. The van der Waals surface area contributed by atoms with Gasteiger partial charge in [0.15, 0.2) is 17.5 Å². The number of hydrogen-bond acceptors (Lipinski definition) is 3. The van der Waals surface area contributed by atoms with E-state index < -0.39 is 17.5 Å². The SMILES string of the molecule is CC(C)(C)c1nc(CNc2ccc(F)c(F)c2F)cs1. The Morgan fingerprint density at radius 1 is 1.15 bits per heavy atom. The van der Waals surface area contributed by atoms with Crippen molar-refractivity contribution in [1.82, 2.24) is 4.98 Å². The van der Waals surface area contributed by atoms with Crippen LogP contribution >= 0.6 is 11.3 Å². The highest BCUT2D eigenvalue weighted by atomic mass is 32.1. The molecule has 2 rings (SSSR count). The van der Waals surface area contributed by atoms with Crippen molar-refractivity contribution < 1.29 is 13.2 Å². The summed E-state index contributed by atoms with van der Waals surface area (Å²) in [5.41, 5.74) is 0.620. The van der Waals surface area contributed by atoms with Gasteiger partial charge in [-0.05, 0) is 12.1 Å². The van der Waals surface area contributed by atoms with Crippen molar-refractivity contribution in [2.75, 3.05) is 5.32 Å².